The van der Waals surface area contributed by atoms with Gasteiger partial charge in [-0.25, -0.2) is 4.98 Å². The summed E-state index contributed by atoms with van der Waals surface area (Å²) >= 11 is 6.08. The van der Waals surface area contributed by atoms with Gasteiger partial charge in [-0.3, -0.25) is 4.98 Å². The zero-order valence-corrected chi connectivity index (χ0v) is 14.0. The number of aromatic nitrogens is 3. The molecule has 0 unspecified atom stereocenters. The van der Waals surface area contributed by atoms with Gasteiger partial charge in [0.15, 0.2) is 0 Å². The number of H-pyrrole nitrogens is 1. The maximum atomic E-state index is 6.08. The van der Waals surface area contributed by atoms with Crippen molar-refractivity contribution in [3.8, 4) is 5.75 Å². The summed E-state index contributed by atoms with van der Waals surface area (Å²) in [7, 11) is 0. The van der Waals surface area contributed by atoms with E-state index in [9.17, 15) is 0 Å². The van der Waals surface area contributed by atoms with E-state index in [0.717, 1.165) is 42.9 Å². The predicted molar refractivity (Wildman–Crippen MR) is 95.8 cm³/mol. The molecular weight excluding hydrogens is 324 g/mol. The summed E-state index contributed by atoms with van der Waals surface area (Å²) in [6.07, 6.45) is 5.48. The first-order valence-electron chi connectivity index (χ1n) is 8.21. The number of hydrogen-bond donors (Lipinski definition) is 1. The van der Waals surface area contributed by atoms with Crippen molar-refractivity contribution in [3.63, 3.8) is 0 Å². The fourth-order valence-corrected chi connectivity index (χ4v) is 3.26. The first-order chi connectivity index (χ1) is 11.8. The molecule has 0 atom stereocenters. The van der Waals surface area contributed by atoms with Gasteiger partial charge in [0, 0.05) is 31.5 Å². The van der Waals surface area contributed by atoms with Crippen LogP contribution >= 0.6 is 11.6 Å². The third kappa shape index (κ3) is 3.17. The summed E-state index contributed by atoms with van der Waals surface area (Å²) in [4.78, 5) is 14.4. The van der Waals surface area contributed by atoms with E-state index in [-0.39, 0.29) is 0 Å². The molecule has 1 aromatic carbocycles. The normalized spacial score (nSPS) is 15.8. The van der Waals surface area contributed by atoms with E-state index in [2.05, 4.69) is 25.9 Å². The monoisotopic (exact) mass is 342 g/mol. The number of anilines is 1. The Balaban J connectivity index is 1.34. The maximum Gasteiger partial charge on any atom is 0.203 e. The van der Waals surface area contributed by atoms with Crippen LogP contribution in [0.3, 0.4) is 0 Å². The summed E-state index contributed by atoms with van der Waals surface area (Å²) in [6, 6.07) is 9.95. The Labute approximate surface area is 145 Å². The number of halogens is 1. The average Bonchev–Trinajstić information content (AvgIpc) is 3.06. The van der Waals surface area contributed by atoms with Crippen LogP contribution in [0.4, 0.5) is 5.95 Å². The number of ether oxygens (including phenoxy) is 1. The zero-order chi connectivity index (χ0) is 16.4. The van der Waals surface area contributed by atoms with Crippen molar-refractivity contribution < 1.29 is 4.74 Å². The summed E-state index contributed by atoms with van der Waals surface area (Å²) in [6.45, 7) is 2.66. The molecule has 0 aliphatic carbocycles. The van der Waals surface area contributed by atoms with Crippen molar-refractivity contribution in [2.24, 2.45) is 5.92 Å². The van der Waals surface area contributed by atoms with Crippen LogP contribution in [0.25, 0.3) is 11.0 Å². The van der Waals surface area contributed by atoms with E-state index < -0.39 is 0 Å². The van der Waals surface area contributed by atoms with Gasteiger partial charge in [-0.15, -0.1) is 0 Å². The van der Waals surface area contributed by atoms with Gasteiger partial charge in [0.1, 0.15) is 10.8 Å². The molecule has 2 aromatic heterocycles. The van der Waals surface area contributed by atoms with Gasteiger partial charge in [0.25, 0.3) is 0 Å². The third-order valence-electron chi connectivity index (χ3n) is 4.50. The van der Waals surface area contributed by atoms with Gasteiger partial charge in [-0.05, 0) is 30.9 Å². The fourth-order valence-electron chi connectivity index (χ4n) is 3.09. The van der Waals surface area contributed by atoms with Crippen LogP contribution in [0.5, 0.6) is 5.75 Å². The number of rotatable bonds is 4. The molecule has 1 saturated heterocycles. The van der Waals surface area contributed by atoms with Crippen molar-refractivity contribution in [1.82, 2.24) is 15.0 Å². The Hall–Kier alpha value is -2.27. The number of aromatic amines is 1. The average molecular weight is 343 g/mol. The molecule has 1 aliphatic heterocycles. The molecule has 0 bridgehead atoms. The molecule has 124 valence electrons. The lowest BCUT2D eigenvalue weighted by Gasteiger charge is -2.31. The van der Waals surface area contributed by atoms with Gasteiger partial charge in [-0.2, -0.15) is 0 Å². The number of imidazole rings is 1. The summed E-state index contributed by atoms with van der Waals surface area (Å²) < 4.78 is 5.85. The van der Waals surface area contributed by atoms with Crippen LogP contribution < -0.4 is 9.64 Å². The Bertz CT molecular complexity index is 794. The van der Waals surface area contributed by atoms with E-state index in [1.54, 1.807) is 12.4 Å². The van der Waals surface area contributed by atoms with E-state index in [0.29, 0.717) is 23.3 Å². The number of pyridine rings is 1. The fraction of sp³-hybridized carbons (Fsp3) is 0.333. The number of piperidine rings is 1. The van der Waals surface area contributed by atoms with Crippen LogP contribution in [0.1, 0.15) is 12.8 Å². The van der Waals surface area contributed by atoms with Crippen LogP contribution in [-0.2, 0) is 0 Å². The summed E-state index contributed by atoms with van der Waals surface area (Å²) in [5, 5.41) is 0.567. The second-order valence-corrected chi connectivity index (χ2v) is 6.53. The minimum absolute atomic E-state index is 0.537. The molecule has 5 nitrogen and oxygen atoms in total. The Kier molecular flexibility index (Phi) is 4.26. The molecule has 0 amide bonds. The van der Waals surface area contributed by atoms with Gasteiger partial charge in [-0.1, -0.05) is 23.7 Å². The van der Waals surface area contributed by atoms with Crippen LogP contribution in [0.2, 0.25) is 5.02 Å². The van der Waals surface area contributed by atoms with Crippen molar-refractivity contribution in [2.75, 3.05) is 24.6 Å². The molecule has 3 aromatic rings. The number of fused-ring (bicyclic) bond motifs is 1. The number of benzene rings is 1. The van der Waals surface area contributed by atoms with Crippen LogP contribution in [0, 0.1) is 5.92 Å². The Morgan fingerprint density at radius 3 is 2.83 bits per heavy atom. The molecule has 3 heterocycles. The molecular formula is C18H19ClN4O. The van der Waals surface area contributed by atoms with Crippen LogP contribution in [-0.4, -0.2) is 34.6 Å². The number of hydrogen-bond acceptors (Lipinski definition) is 4. The molecule has 1 aliphatic rings. The third-order valence-corrected chi connectivity index (χ3v) is 4.78. The highest BCUT2D eigenvalue weighted by Gasteiger charge is 2.22. The topological polar surface area (TPSA) is 54.0 Å². The first-order valence-corrected chi connectivity index (χ1v) is 8.59. The largest absolute Gasteiger partial charge is 0.492 e. The van der Waals surface area contributed by atoms with Crippen LogP contribution in [0.15, 0.2) is 42.7 Å². The molecule has 0 radical (unpaired) electrons. The molecule has 1 N–H and O–H groups in total. The molecule has 0 spiro atoms. The molecule has 0 saturated carbocycles. The quantitative estimate of drug-likeness (QED) is 0.781. The van der Waals surface area contributed by atoms with Crippen molar-refractivity contribution >= 4 is 28.6 Å². The SMILES string of the molecule is Clc1cnccc1OCC1CCN(c2nc3ccccc3[nH]2)CC1. The van der Waals surface area contributed by atoms with E-state index in [1.807, 2.05) is 24.3 Å². The highest BCUT2D eigenvalue weighted by atomic mass is 35.5. The minimum Gasteiger partial charge on any atom is -0.492 e. The maximum absolute atomic E-state index is 6.08. The van der Waals surface area contributed by atoms with Gasteiger partial charge < -0.3 is 14.6 Å². The molecule has 4 rings (SSSR count). The van der Waals surface area contributed by atoms with Crippen molar-refractivity contribution in [2.45, 2.75) is 12.8 Å². The number of para-hydroxylation sites is 2. The Morgan fingerprint density at radius 2 is 2.04 bits per heavy atom. The van der Waals surface area contributed by atoms with Gasteiger partial charge in [0.05, 0.1) is 17.6 Å². The molecule has 24 heavy (non-hydrogen) atoms. The standard InChI is InChI=1S/C18H19ClN4O/c19-14-11-20-8-5-17(14)24-12-13-6-9-23(10-7-13)18-21-15-3-1-2-4-16(15)22-18/h1-5,8,11,13H,6-7,9-10,12H2,(H,21,22). The van der Waals surface area contributed by atoms with Gasteiger partial charge >= 0.3 is 0 Å². The zero-order valence-electron chi connectivity index (χ0n) is 13.3. The summed E-state index contributed by atoms with van der Waals surface area (Å²) in [5.74, 6) is 2.22. The van der Waals surface area contributed by atoms with E-state index >= 15 is 0 Å². The van der Waals surface area contributed by atoms with Crippen molar-refractivity contribution in [1.29, 1.82) is 0 Å². The minimum atomic E-state index is 0.537. The number of nitrogens with zero attached hydrogens (tertiary/aromatic N) is 3. The summed E-state index contributed by atoms with van der Waals surface area (Å²) in [5.41, 5.74) is 2.11. The second kappa shape index (κ2) is 6.69. The van der Waals surface area contributed by atoms with E-state index in [4.69, 9.17) is 16.3 Å². The van der Waals surface area contributed by atoms with Gasteiger partial charge in [0.2, 0.25) is 5.95 Å². The van der Waals surface area contributed by atoms with E-state index in [1.165, 1.54) is 0 Å². The lowest BCUT2D eigenvalue weighted by molar-refractivity contribution is 0.222. The number of nitrogens with one attached hydrogen (secondary N) is 1. The Morgan fingerprint density at radius 1 is 1.21 bits per heavy atom. The lowest BCUT2D eigenvalue weighted by Crippen LogP contribution is -2.36. The predicted octanol–water partition coefficient (Wildman–Crippen LogP) is 3.91. The van der Waals surface area contributed by atoms with Crippen molar-refractivity contribution in [3.05, 3.63) is 47.7 Å². The highest BCUT2D eigenvalue weighted by Crippen LogP contribution is 2.26. The first kappa shape index (κ1) is 15.3. The highest BCUT2D eigenvalue weighted by molar-refractivity contribution is 6.31. The second-order valence-electron chi connectivity index (χ2n) is 6.13. The lowest BCUT2D eigenvalue weighted by atomic mass is 9.98. The molecule has 1 fully saturated rings. The smallest absolute Gasteiger partial charge is 0.203 e. The molecule has 6 heteroatoms.